The van der Waals surface area contributed by atoms with Crippen LogP contribution < -0.4 is 0 Å². The number of hydrogen-bond donors (Lipinski definition) is 1. The molecule has 0 atom stereocenters. The molecule has 0 aliphatic carbocycles. The minimum Gasteiger partial charge on any atom is -0.475 e. The second-order valence-electron chi connectivity index (χ2n) is 4.91. The van der Waals surface area contributed by atoms with Crippen molar-refractivity contribution in [1.29, 1.82) is 0 Å². The Morgan fingerprint density at radius 2 is 2.31 bits per heavy atom. The minimum atomic E-state index is -1.01. The van der Waals surface area contributed by atoms with E-state index in [0.717, 1.165) is 12.3 Å². The van der Waals surface area contributed by atoms with E-state index in [4.69, 9.17) is 9.52 Å². The summed E-state index contributed by atoms with van der Waals surface area (Å²) in [5.41, 5.74) is 0.191. The number of rotatable bonds is 3. The first-order valence-corrected chi connectivity index (χ1v) is 5.56. The molecule has 1 aromatic heterocycles. The van der Waals surface area contributed by atoms with E-state index in [2.05, 4.69) is 18.7 Å². The predicted octanol–water partition coefficient (Wildman–Crippen LogP) is 2.35. The summed E-state index contributed by atoms with van der Waals surface area (Å²) in [6.07, 6.45) is 2.37. The number of likely N-dealkylation sites (tertiary alicyclic amines) is 1. The van der Waals surface area contributed by atoms with Gasteiger partial charge >= 0.3 is 5.97 Å². The van der Waals surface area contributed by atoms with Gasteiger partial charge in [-0.2, -0.15) is 0 Å². The first-order chi connectivity index (χ1) is 7.49. The van der Waals surface area contributed by atoms with Crippen molar-refractivity contribution < 1.29 is 14.3 Å². The highest BCUT2D eigenvalue weighted by molar-refractivity contribution is 5.84. The molecule has 4 nitrogen and oxygen atoms in total. The van der Waals surface area contributed by atoms with E-state index < -0.39 is 5.97 Å². The highest BCUT2D eigenvalue weighted by Crippen LogP contribution is 2.29. The lowest BCUT2D eigenvalue weighted by atomic mass is 10.0. The third kappa shape index (κ3) is 2.11. The van der Waals surface area contributed by atoms with Crippen molar-refractivity contribution >= 4 is 5.97 Å². The van der Waals surface area contributed by atoms with Crippen LogP contribution in [0, 0.1) is 0 Å². The predicted molar refractivity (Wildman–Crippen MR) is 59.4 cm³/mol. The maximum Gasteiger partial charge on any atom is 0.371 e. The zero-order valence-corrected chi connectivity index (χ0v) is 9.69. The van der Waals surface area contributed by atoms with Gasteiger partial charge in [0.25, 0.3) is 0 Å². The Kier molecular flexibility index (Phi) is 2.76. The highest BCUT2D eigenvalue weighted by Gasteiger charge is 2.32. The summed E-state index contributed by atoms with van der Waals surface area (Å²) in [4.78, 5) is 13.0. The Morgan fingerprint density at radius 3 is 2.81 bits per heavy atom. The molecule has 4 heteroatoms. The van der Waals surface area contributed by atoms with Gasteiger partial charge in [0, 0.05) is 5.54 Å². The van der Waals surface area contributed by atoms with Gasteiger partial charge in [-0.1, -0.05) is 0 Å². The summed E-state index contributed by atoms with van der Waals surface area (Å²) in [7, 11) is 0. The Morgan fingerprint density at radius 1 is 1.56 bits per heavy atom. The molecule has 1 aromatic rings. The fourth-order valence-electron chi connectivity index (χ4n) is 2.22. The van der Waals surface area contributed by atoms with Gasteiger partial charge in [-0.3, -0.25) is 4.90 Å². The normalized spacial score (nSPS) is 20.1. The molecule has 1 saturated heterocycles. The summed E-state index contributed by atoms with van der Waals surface area (Å²) in [6.45, 7) is 6.17. The number of carbonyl (C=O) groups is 1. The summed E-state index contributed by atoms with van der Waals surface area (Å²) in [5.74, 6) is -0.258. The van der Waals surface area contributed by atoms with Gasteiger partial charge in [0.15, 0.2) is 0 Å². The Labute approximate surface area is 94.9 Å². The van der Waals surface area contributed by atoms with E-state index in [1.807, 2.05) is 0 Å². The van der Waals surface area contributed by atoms with Crippen molar-refractivity contribution in [2.75, 3.05) is 6.54 Å². The number of hydrogen-bond acceptors (Lipinski definition) is 3. The molecular weight excluding hydrogens is 206 g/mol. The lowest BCUT2D eigenvalue weighted by molar-refractivity contribution is 0.0656. The van der Waals surface area contributed by atoms with E-state index >= 15 is 0 Å². The molecule has 16 heavy (non-hydrogen) atoms. The van der Waals surface area contributed by atoms with Gasteiger partial charge in [-0.15, -0.1) is 0 Å². The first kappa shape index (κ1) is 11.2. The largest absolute Gasteiger partial charge is 0.475 e. The number of nitrogens with zero attached hydrogens (tertiary/aromatic N) is 1. The Balaban J connectivity index is 2.06. The third-order valence-corrected chi connectivity index (χ3v) is 3.29. The summed E-state index contributed by atoms with van der Waals surface area (Å²) in [5, 5.41) is 8.75. The molecule has 0 spiro atoms. The van der Waals surface area contributed by atoms with E-state index in [0.29, 0.717) is 6.54 Å². The molecule has 1 aliphatic heterocycles. The molecule has 0 radical (unpaired) electrons. The van der Waals surface area contributed by atoms with Crippen molar-refractivity contribution in [3.63, 3.8) is 0 Å². The number of furan rings is 1. The molecular formula is C12H17NO3. The van der Waals surface area contributed by atoms with Crippen molar-refractivity contribution in [3.05, 3.63) is 23.7 Å². The van der Waals surface area contributed by atoms with Crippen molar-refractivity contribution in [1.82, 2.24) is 4.90 Å². The topological polar surface area (TPSA) is 53.7 Å². The van der Waals surface area contributed by atoms with Gasteiger partial charge in [0.1, 0.15) is 5.76 Å². The standard InChI is InChI=1S/C12H17NO3/c1-12(2)6-3-7-13(12)8-9-4-5-10(16-9)11(14)15/h4-5H,3,6-8H2,1-2H3,(H,14,15). The van der Waals surface area contributed by atoms with Crippen molar-refractivity contribution in [2.45, 2.75) is 38.8 Å². The van der Waals surface area contributed by atoms with Crippen LogP contribution in [0.3, 0.4) is 0 Å². The van der Waals surface area contributed by atoms with Crippen LogP contribution in [0.15, 0.2) is 16.5 Å². The maximum absolute atomic E-state index is 10.7. The summed E-state index contributed by atoms with van der Waals surface area (Å²) < 4.78 is 5.26. The molecule has 1 N–H and O–H groups in total. The average molecular weight is 223 g/mol. The van der Waals surface area contributed by atoms with Gasteiger partial charge in [0.2, 0.25) is 5.76 Å². The molecule has 0 amide bonds. The van der Waals surface area contributed by atoms with Crippen LogP contribution >= 0.6 is 0 Å². The molecule has 2 rings (SSSR count). The van der Waals surface area contributed by atoms with Crippen LogP contribution in [0.5, 0.6) is 0 Å². The van der Waals surface area contributed by atoms with Gasteiger partial charge in [-0.25, -0.2) is 4.79 Å². The monoisotopic (exact) mass is 223 g/mol. The fraction of sp³-hybridized carbons (Fsp3) is 0.583. The first-order valence-electron chi connectivity index (χ1n) is 5.56. The maximum atomic E-state index is 10.7. The van der Waals surface area contributed by atoms with E-state index in [1.54, 1.807) is 6.07 Å². The quantitative estimate of drug-likeness (QED) is 0.854. The number of aromatic carboxylic acids is 1. The molecule has 0 bridgehead atoms. The Bertz CT molecular complexity index is 395. The van der Waals surface area contributed by atoms with Crippen LogP contribution in [0.1, 0.15) is 43.0 Å². The second-order valence-corrected chi connectivity index (χ2v) is 4.91. The molecule has 0 unspecified atom stereocenters. The fourth-order valence-corrected chi connectivity index (χ4v) is 2.22. The molecule has 1 aliphatic rings. The molecule has 0 saturated carbocycles. The summed E-state index contributed by atoms with van der Waals surface area (Å²) in [6, 6.07) is 3.26. The van der Waals surface area contributed by atoms with Crippen LogP contribution in [-0.4, -0.2) is 28.1 Å². The van der Waals surface area contributed by atoms with Gasteiger partial charge in [0.05, 0.1) is 6.54 Å². The van der Waals surface area contributed by atoms with Crippen molar-refractivity contribution in [2.24, 2.45) is 0 Å². The third-order valence-electron chi connectivity index (χ3n) is 3.29. The number of carboxylic acids is 1. The minimum absolute atomic E-state index is 0.0204. The number of carboxylic acid groups (broad SMARTS) is 1. The van der Waals surface area contributed by atoms with Gasteiger partial charge < -0.3 is 9.52 Å². The second kappa shape index (κ2) is 3.94. The average Bonchev–Trinajstić information content (AvgIpc) is 2.75. The summed E-state index contributed by atoms with van der Waals surface area (Å²) >= 11 is 0. The zero-order valence-electron chi connectivity index (χ0n) is 9.69. The SMILES string of the molecule is CC1(C)CCCN1Cc1ccc(C(=O)O)o1. The van der Waals surface area contributed by atoms with Crippen LogP contribution in [-0.2, 0) is 6.54 Å². The lowest BCUT2D eigenvalue weighted by Crippen LogP contribution is -2.37. The zero-order chi connectivity index (χ0) is 11.8. The van der Waals surface area contributed by atoms with E-state index in [9.17, 15) is 4.79 Å². The van der Waals surface area contributed by atoms with Crippen LogP contribution in [0.25, 0.3) is 0 Å². The highest BCUT2D eigenvalue weighted by atomic mass is 16.4. The Hall–Kier alpha value is -1.29. The van der Waals surface area contributed by atoms with E-state index in [-0.39, 0.29) is 11.3 Å². The van der Waals surface area contributed by atoms with Crippen LogP contribution in [0.2, 0.25) is 0 Å². The molecule has 88 valence electrons. The molecule has 0 aromatic carbocycles. The van der Waals surface area contributed by atoms with Gasteiger partial charge in [-0.05, 0) is 45.4 Å². The lowest BCUT2D eigenvalue weighted by Gasteiger charge is -2.30. The molecule has 1 fully saturated rings. The van der Waals surface area contributed by atoms with Crippen molar-refractivity contribution in [3.8, 4) is 0 Å². The smallest absolute Gasteiger partial charge is 0.371 e. The molecule has 2 heterocycles. The van der Waals surface area contributed by atoms with Crippen LogP contribution in [0.4, 0.5) is 0 Å². The van der Waals surface area contributed by atoms with E-state index in [1.165, 1.54) is 18.9 Å².